The Balaban J connectivity index is 2.29. The standard InChI is InChI=1S/C14H26N2O/c1-3-11-15-14(17)12(2)16-13-9-7-5-4-6-8-10-13/h3,12-13,16H,1,4-11H2,2H3,(H,15,17). The van der Waals surface area contributed by atoms with Crippen LogP contribution in [0.15, 0.2) is 12.7 Å². The fraction of sp³-hybridized carbons (Fsp3) is 0.786. The topological polar surface area (TPSA) is 41.1 Å². The second kappa shape index (κ2) is 8.29. The van der Waals surface area contributed by atoms with Crippen molar-refractivity contribution in [3.8, 4) is 0 Å². The molecule has 1 atom stereocenters. The molecule has 0 spiro atoms. The number of amides is 1. The number of hydrogen-bond donors (Lipinski definition) is 2. The maximum atomic E-state index is 11.7. The highest BCUT2D eigenvalue weighted by Gasteiger charge is 2.17. The molecular formula is C14H26N2O. The molecule has 0 heterocycles. The van der Waals surface area contributed by atoms with Gasteiger partial charge in [-0.3, -0.25) is 4.79 Å². The van der Waals surface area contributed by atoms with E-state index in [2.05, 4.69) is 17.2 Å². The third-order valence-electron chi connectivity index (χ3n) is 3.40. The molecule has 1 rings (SSSR count). The minimum Gasteiger partial charge on any atom is -0.351 e. The molecule has 1 amide bonds. The highest BCUT2D eigenvalue weighted by atomic mass is 16.2. The Hall–Kier alpha value is -0.830. The second-order valence-electron chi connectivity index (χ2n) is 4.96. The van der Waals surface area contributed by atoms with Crippen molar-refractivity contribution < 1.29 is 4.79 Å². The minimum absolute atomic E-state index is 0.0759. The molecule has 3 nitrogen and oxygen atoms in total. The summed E-state index contributed by atoms with van der Waals surface area (Å²) in [5.74, 6) is 0.0759. The molecular weight excluding hydrogens is 212 g/mol. The Morgan fingerprint density at radius 3 is 2.47 bits per heavy atom. The lowest BCUT2D eigenvalue weighted by Crippen LogP contribution is -2.46. The second-order valence-corrected chi connectivity index (χ2v) is 4.96. The molecule has 1 unspecified atom stereocenters. The van der Waals surface area contributed by atoms with Gasteiger partial charge in [0.15, 0.2) is 0 Å². The van der Waals surface area contributed by atoms with Gasteiger partial charge in [0.2, 0.25) is 5.91 Å². The van der Waals surface area contributed by atoms with E-state index in [1.54, 1.807) is 6.08 Å². The molecule has 2 N–H and O–H groups in total. The van der Waals surface area contributed by atoms with Gasteiger partial charge in [0.05, 0.1) is 6.04 Å². The molecule has 3 heteroatoms. The number of carbonyl (C=O) groups excluding carboxylic acids is 1. The van der Waals surface area contributed by atoms with Gasteiger partial charge >= 0.3 is 0 Å². The lowest BCUT2D eigenvalue weighted by Gasteiger charge is -2.24. The molecule has 0 aromatic rings. The maximum Gasteiger partial charge on any atom is 0.237 e. The predicted molar refractivity (Wildman–Crippen MR) is 71.9 cm³/mol. The smallest absolute Gasteiger partial charge is 0.237 e. The number of hydrogen-bond acceptors (Lipinski definition) is 2. The highest BCUT2D eigenvalue weighted by Crippen LogP contribution is 2.17. The van der Waals surface area contributed by atoms with E-state index in [0.717, 1.165) is 0 Å². The lowest BCUT2D eigenvalue weighted by molar-refractivity contribution is -0.122. The Bertz CT molecular complexity index is 232. The summed E-state index contributed by atoms with van der Waals surface area (Å²) in [5, 5.41) is 6.28. The summed E-state index contributed by atoms with van der Waals surface area (Å²) in [6.07, 6.45) is 10.8. The van der Waals surface area contributed by atoms with Crippen molar-refractivity contribution in [2.45, 2.75) is 64.0 Å². The summed E-state index contributed by atoms with van der Waals surface area (Å²) in [4.78, 5) is 11.7. The normalized spacial score (nSPS) is 20.1. The van der Waals surface area contributed by atoms with Gasteiger partial charge in [0, 0.05) is 12.6 Å². The molecule has 1 fully saturated rings. The van der Waals surface area contributed by atoms with Crippen LogP contribution in [-0.4, -0.2) is 24.5 Å². The molecule has 1 saturated carbocycles. The van der Waals surface area contributed by atoms with Crippen molar-refractivity contribution in [3.05, 3.63) is 12.7 Å². The van der Waals surface area contributed by atoms with Crippen LogP contribution in [0.5, 0.6) is 0 Å². The molecule has 1 aliphatic carbocycles. The van der Waals surface area contributed by atoms with Crippen molar-refractivity contribution in [1.29, 1.82) is 0 Å². The van der Waals surface area contributed by atoms with E-state index in [1.807, 2.05) is 6.92 Å². The van der Waals surface area contributed by atoms with Crippen LogP contribution in [0.2, 0.25) is 0 Å². The summed E-state index contributed by atoms with van der Waals surface area (Å²) < 4.78 is 0. The first-order valence-electron chi connectivity index (χ1n) is 6.88. The first-order chi connectivity index (χ1) is 8.24. The third-order valence-corrected chi connectivity index (χ3v) is 3.40. The fourth-order valence-electron chi connectivity index (χ4n) is 2.38. The Labute approximate surface area is 105 Å². The first-order valence-corrected chi connectivity index (χ1v) is 6.88. The summed E-state index contributed by atoms with van der Waals surface area (Å²) in [7, 11) is 0. The van der Waals surface area contributed by atoms with Crippen LogP contribution in [0.1, 0.15) is 51.9 Å². The molecule has 0 aliphatic heterocycles. The zero-order valence-electron chi connectivity index (χ0n) is 11.0. The van der Waals surface area contributed by atoms with E-state index in [1.165, 1.54) is 44.9 Å². The van der Waals surface area contributed by atoms with Crippen LogP contribution in [0, 0.1) is 0 Å². The first kappa shape index (κ1) is 14.2. The van der Waals surface area contributed by atoms with Gasteiger partial charge in [-0.1, -0.05) is 38.2 Å². The Kier molecular flexibility index (Phi) is 6.94. The minimum atomic E-state index is -0.0978. The van der Waals surface area contributed by atoms with Crippen LogP contribution >= 0.6 is 0 Å². The predicted octanol–water partition coefficient (Wildman–Crippen LogP) is 2.38. The molecule has 1 aliphatic rings. The summed E-state index contributed by atoms with van der Waals surface area (Å²) in [6, 6.07) is 0.416. The van der Waals surface area contributed by atoms with E-state index < -0.39 is 0 Å². The van der Waals surface area contributed by atoms with Crippen molar-refractivity contribution >= 4 is 5.91 Å². The monoisotopic (exact) mass is 238 g/mol. The zero-order chi connectivity index (χ0) is 12.5. The highest BCUT2D eigenvalue weighted by molar-refractivity contribution is 5.81. The SMILES string of the molecule is C=CCNC(=O)C(C)NC1CCCCCCC1. The number of rotatable bonds is 5. The summed E-state index contributed by atoms with van der Waals surface area (Å²) >= 11 is 0. The molecule has 0 saturated heterocycles. The molecule has 0 radical (unpaired) electrons. The summed E-state index contributed by atoms with van der Waals surface area (Å²) in [5.41, 5.74) is 0. The average molecular weight is 238 g/mol. The van der Waals surface area contributed by atoms with Crippen LogP contribution in [0.25, 0.3) is 0 Å². The summed E-state index contributed by atoms with van der Waals surface area (Å²) in [6.45, 7) is 6.09. The maximum absolute atomic E-state index is 11.7. The van der Waals surface area contributed by atoms with Crippen LogP contribution in [-0.2, 0) is 4.79 Å². The van der Waals surface area contributed by atoms with Crippen molar-refractivity contribution in [1.82, 2.24) is 10.6 Å². The van der Waals surface area contributed by atoms with E-state index in [9.17, 15) is 4.79 Å². The van der Waals surface area contributed by atoms with E-state index in [-0.39, 0.29) is 11.9 Å². The van der Waals surface area contributed by atoms with Gasteiger partial charge in [-0.05, 0) is 19.8 Å². The fourth-order valence-corrected chi connectivity index (χ4v) is 2.38. The largest absolute Gasteiger partial charge is 0.351 e. The van der Waals surface area contributed by atoms with Gasteiger partial charge in [0.25, 0.3) is 0 Å². The molecule has 0 aromatic heterocycles. The van der Waals surface area contributed by atoms with Crippen molar-refractivity contribution in [2.75, 3.05) is 6.54 Å². The van der Waals surface area contributed by atoms with Crippen LogP contribution in [0.4, 0.5) is 0 Å². The van der Waals surface area contributed by atoms with Crippen LogP contribution in [0.3, 0.4) is 0 Å². The quantitative estimate of drug-likeness (QED) is 0.722. The van der Waals surface area contributed by atoms with Gasteiger partial charge in [-0.25, -0.2) is 0 Å². The van der Waals surface area contributed by atoms with Gasteiger partial charge in [0.1, 0.15) is 0 Å². The molecule has 17 heavy (non-hydrogen) atoms. The zero-order valence-corrected chi connectivity index (χ0v) is 11.0. The lowest BCUT2D eigenvalue weighted by atomic mass is 9.96. The van der Waals surface area contributed by atoms with Gasteiger partial charge < -0.3 is 10.6 Å². The van der Waals surface area contributed by atoms with Crippen molar-refractivity contribution in [2.24, 2.45) is 0 Å². The van der Waals surface area contributed by atoms with Crippen molar-refractivity contribution in [3.63, 3.8) is 0 Å². The van der Waals surface area contributed by atoms with Gasteiger partial charge in [-0.15, -0.1) is 6.58 Å². The van der Waals surface area contributed by atoms with Crippen LogP contribution < -0.4 is 10.6 Å². The van der Waals surface area contributed by atoms with E-state index >= 15 is 0 Å². The van der Waals surface area contributed by atoms with Gasteiger partial charge in [-0.2, -0.15) is 0 Å². The molecule has 98 valence electrons. The number of nitrogens with one attached hydrogen (secondary N) is 2. The van der Waals surface area contributed by atoms with E-state index in [4.69, 9.17) is 0 Å². The number of carbonyl (C=O) groups is 1. The Morgan fingerprint density at radius 1 is 1.29 bits per heavy atom. The van der Waals surface area contributed by atoms with E-state index in [0.29, 0.717) is 12.6 Å². The molecule has 0 bridgehead atoms. The average Bonchev–Trinajstić information content (AvgIpc) is 2.29. The Morgan fingerprint density at radius 2 is 1.88 bits per heavy atom. The third kappa shape index (κ3) is 5.87. The molecule has 0 aromatic carbocycles.